The van der Waals surface area contributed by atoms with Crippen LogP contribution in [0.1, 0.15) is 20.3 Å². The Morgan fingerprint density at radius 3 is 3.00 bits per heavy atom. The van der Waals surface area contributed by atoms with Crippen LogP contribution in [0.4, 0.5) is 5.69 Å². The number of hydrogen-bond donors (Lipinski definition) is 1. The number of halogens is 1. The van der Waals surface area contributed by atoms with Crippen LogP contribution in [0.5, 0.6) is 0 Å². The van der Waals surface area contributed by atoms with E-state index in [0.717, 1.165) is 19.0 Å². The van der Waals surface area contributed by atoms with Crippen molar-refractivity contribution >= 4 is 21.6 Å². The average molecular weight is 309 g/mol. The molecule has 0 amide bonds. The lowest BCUT2D eigenvalue weighted by molar-refractivity contribution is 0.227. The second-order valence-corrected chi connectivity index (χ2v) is 7.21. The largest absolute Gasteiger partial charge is 0.370 e. The lowest BCUT2D eigenvalue weighted by Crippen LogP contribution is -2.47. The summed E-state index contributed by atoms with van der Waals surface area (Å²) in [6.07, 6.45) is 1.30. The van der Waals surface area contributed by atoms with E-state index in [2.05, 4.69) is 64.3 Å². The summed E-state index contributed by atoms with van der Waals surface area (Å²) >= 11 is 3.56. The van der Waals surface area contributed by atoms with Crippen LogP contribution in [-0.2, 0) is 0 Å². The van der Waals surface area contributed by atoms with E-state index < -0.39 is 0 Å². The summed E-state index contributed by atoms with van der Waals surface area (Å²) in [4.78, 5) is 2.51. The van der Waals surface area contributed by atoms with Gasteiger partial charge in [-0.2, -0.15) is 0 Å². The highest BCUT2D eigenvalue weighted by Gasteiger charge is 2.44. The molecule has 2 nitrogen and oxygen atoms in total. The highest BCUT2D eigenvalue weighted by Crippen LogP contribution is 2.40. The molecule has 0 bridgehead atoms. The van der Waals surface area contributed by atoms with Gasteiger partial charge in [0.1, 0.15) is 0 Å². The standard InChI is InChI=1S/C15H21BrN2/c1-15(2)10-17-14-9-18(7-6-13(14)15)12-5-3-4-11(16)8-12/h3-5,8,13-14,17H,6-7,9-10H2,1-2H3. The zero-order chi connectivity index (χ0) is 12.8. The Morgan fingerprint density at radius 2 is 2.22 bits per heavy atom. The van der Waals surface area contributed by atoms with Crippen LogP contribution in [0.15, 0.2) is 28.7 Å². The van der Waals surface area contributed by atoms with Gasteiger partial charge in [-0.05, 0) is 36.0 Å². The number of piperidine rings is 1. The van der Waals surface area contributed by atoms with Crippen LogP contribution in [0, 0.1) is 11.3 Å². The molecule has 0 aromatic heterocycles. The van der Waals surface area contributed by atoms with Gasteiger partial charge in [-0.15, -0.1) is 0 Å². The first-order valence-corrected chi connectivity index (χ1v) is 7.59. The lowest BCUT2D eigenvalue weighted by Gasteiger charge is -2.40. The molecule has 2 saturated heterocycles. The molecule has 1 aromatic carbocycles. The Kier molecular flexibility index (Phi) is 3.15. The Balaban J connectivity index is 1.76. The lowest BCUT2D eigenvalue weighted by atomic mass is 9.75. The van der Waals surface area contributed by atoms with Crippen molar-refractivity contribution < 1.29 is 0 Å². The predicted molar refractivity (Wildman–Crippen MR) is 80.0 cm³/mol. The van der Waals surface area contributed by atoms with Crippen LogP contribution in [0.25, 0.3) is 0 Å². The van der Waals surface area contributed by atoms with Gasteiger partial charge in [-0.25, -0.2) is 0 Å². The predicted octanol–water partition coefficient (Wildman–Crippen LogP) is 3.27. The van der Waals surface area contributed by atoms with Crippen molar-refractivity contribution in [2.75, 3.05) is 24.5 Å². The van der Waals surface area contributed by atoms with E-state index in [1.54, 1.807) is 0 Å². The summed E-state index contributed by atoms with van der Waals surface area (Å²) in [5.74, 6) is 0.834. The van der Waals surface area contributed by atoms with Crippen LogP contribution in [-0.4, -0.2) is 25.7 Å². The molecule has 3 heteroatoms. The van der Waals surface area contributed by atoms with Crippen LogP contribution < -0.4 is 10.2 Å². The normalized spacial score (nSPS) is 30.3. The molecule has 0 saturated carbocycles. The molecule has 0 aliphatic carbocycles. The fourth-order valence-electron chi connectivity index (χ4n) is 3.53. The zero-order valence-electron chi connectivity index (χ0n) is 11.1. The van der Waals surface area contributed by atoms with E-state index in [1.807, 2.05) is 0 Å². The Labute approximate surface area is 118 Å². The molecule has 0 spiro atoms. The molecule has 2 heterocycles. The van der Waals surface area contributed by atoms with Crippen molar-refractivity contribution in [3.05, 3.63) is 28.7 Å². The Morgan fingerprint density at radius 1 is 1.39 bits per heavy atom. The Bertz CT molecular complexity index is 444. The van der Waals surface area contributed by atoms with Gasteiger partial charge >= 0.3 is 0 Å². The molecule has 1 aromatic rings. The Hall–Kier alpha value is -0.540. The maximum absolute atomic E-state index is 3.71. The van der Waals surface area contributed by atoms with Crippen LogP contribution in [0.3, 0.4) is 0 Å². The number of hydrogen-bond acceptors (Lipinski definition) is 2. The van der Waals surface area contributed by atoms with E-state index in [9.17, 15) is 0 Å². The molecule has 3 rings (SSSR count). The van der Waals surface area contributed by atoms with Crippen LogP contribution >= 0.6 is 15.9 Å². The van der Waals surface area contributed by atoms with Gasteiger partial charge < -0.3 is 10.2 Å². The second-order valence-electron chi connectivity index (χ2n) is 6.30. The molecule has 2 atom stereocenters. The first-order chi connectivity index (χ1) is 8.56. The summed E-state index contributed by atoms with van der Waals surface area (Å²) in [5.41, 5.74) is 1.81. The molecule has 2 aliphatic rings. The van der Waals surface area contributed by atoms with Crippen molar-refractivity contribution in [3.8, 4) is 0 Å². The van der Waals surface area contributed by atoms with Gasteiger partial charge in [0.25, 0.3) is 0 Å². The maximum Gasteiger partial charge on any atom is 0.0378 e. The van der Waals surface area contributed by atoms with Gasteiger partial charge in [0.05, 0.1) is 0 Å². The van der Waals surface area contributed by atoms with Gasteiger partial charge in [0.2, 0.25) is 0 Å². The van der Waals surface area contributed by atoms with E-state index in [1.165, 1.54) is 23.1 Å². The second kappa shape index (κ2) is 4.53. The highest BCUT2D eigenvalue weighted by atomic mass is 79.9. The van der Waals surface area contributed by atoms with Crippen molar-refractivity contribution in [2.24, 2.45) is 11.3 Å². The number of anilines is 1. The van der Waals surface area contributed by atoms with Crippen molar-refractivity contribution in [1.82, 2.24) is 5.32 Å². The van der Waals surface area contributed by atoms with Gasteiger partial charge in [-0.3, -0.25) is 0 Å². The third kappa shape index (κ3) is 2.19. The number of benzene rings is 1. The van der Waals surface area contributed by atoms with E-state index >= 15 is 0 Å². The minimum atomic E-state index is 0.466. The first-order valence-electron chi connectivity index (χ1n) is 6.80. The smallest absolute Gasteiger partial charge is 0.0378 e. The number of nitrogens with zero attached hydrogens (tertiary/aromatic N) is 1. The summed E-state index contributed by atoms with van der Waals surface area (Å²) in [6.45, 7) is 8.29. The summed E-state index contributed by atoms with van der Waals surface area (Å²) in [5, 5.41) is 3.71. The monoisotopic (exact) mass is 308 g/mol. The van der Waals surface area contributed by atoms with Gasteiger partial charge in [0.15, 0.2) is 0 Å². The number of rotatable bonds is 1. The van der Waals surface area contributed by atoms with E-state index in [0.29, 0.717) is 11.5 Å². The molecular formula is C15H21BrN2. The van der Waals surface area contributed by atoms with E-state index in [4.69, 9.17) is 0 Å². The maximum atomic E-state index is 3.71. The summed E-state index contributed by atoms with van der Waals surface area (Å²) < 4.78 is 1.17. The molecule has 2 fully saturated rings. The molecular weight excluding hydrogens is 288 g/mol. The third-order valence-corrected chi connectivity index (χ3v) is 5.10. The van der Waals surface area contributed by atoms with Crippen molar-refractivity contribution in [2.45, 2.75) is 26.3 Å². The molecule has 1 N–H and O–H groups in total. The van der Waals surface area contributed by atoms with Gasteiger partial charge in [0, 0.05) is 35.8 Å². The minimum absolute atomic E-state index is 0.466. The topological polar surface area (TPSA) is 15.3 Å². The fourth-order valence-corrected chi connectivity index (χ4v) is 3.91. The summed E-state index contributed by atoms with van der Waals surface area (Å²) in [6, 6.07) is 9.31. The minimum Gasteiger partial charge on any atom is -0.370 e. The number of fused-ring (bicyclic) bond motifs is 1. The van der Waals surface area contributed by atoms with E-state index in [-0.39, 0.29) is 0 Å². The SMILES string of the molecule is CC1(C)CNC2CN(c3cccc(Br)c3)CCC21. The third-order valence-electron chi connectivity index (χ3n) is 4.61. The van der Waals surface area contributed by atoms with Gasteiger partial charge in [-0.1, -0.05) is 35.8 Å². The molecule has 2 aliphatic heterocycles. The fraction of sp³-hybridized carbons (Fsp3) is 0.600. The van der Waals surface area contributed by atoms with Crippen LogP contribution in [0.2, 0.25) is 0 Å². The molecule has 98 valence electrons. The highest BCUT2D eigenvalue weighted by molar-refractivity contribution is 9.10. The zero-order valence-corrected chi connectivity index (χ0v) is 12.7. The van der Waals surface area contributed by atoms with Crippen molar-refractivity contribution in [3.63, 3.8) is 0 Å². The average Bonchev–Trinajstić information content (AvgIpc) is 2.65. The molecule has 0 radical (unpaired) electrons. The molecule has 2 unspecified atom stereocenters. The quantitative estimate of drug-likeness (QED) is 0.856. The van der Waals surface area contributed by atoms with Crippen molar-refractivity contribution in [1.29, 1.82) is 0 Å². The molecule has 18 heavy (non-hydrogen) atoms. The summed E-state index contributed by atoms with van der Waals surface area (Å²) in [7, 11) is 0. The number of nitrogens with one attached hydrogen (secondary N) is 1. The first kappa shape index (κ1) is 12.5.